The SMILES string of the molecule is C=C(c1cccc(OC(C)C)c1)c1ccc2c(c1)Nc1ccccc1S2. The lowest BCUT2D eigenvalue weighted by Crippen LogP contribution is -2.05. The Kier molecular flexibility index (Phi) is 4.48. The van der Waals surface area contributed by atoms with Crippen LogP contribution >= 0.6 is 11.8 Å². The molecular weight excluding hydrogens is 338 g/mol. The summed E-state index contributed by atoms with van der Waals surface area (Å²) in [5.41, 5.74) is 5.46. The number of anilines is 2. The Labute approximate surface area is 158 Å². The number of rotatable bonds is 4. The van der Waals surface area contributed by atoms with E-state index in [-0.39, 0.29) is 6.10 Å². The molecule has 26 heavy (non-hydrogen) atoms. The third-order valence-corrected chi connectivity index (χ3v) is 5.41. The highest BCUT2D eigenvalue weighted by Gasteiger charge is 2.16. The van der Waals surface area contributed by atoms with Crippen LogP contribution in [0.15, 0.2) is 83.1 Å². The predicted molar refractivity (Wildman–Crippen MR) is 111 cm³/mol. The zero-order chi connectivity index (χ0) is 18.1. The number of benzene rings is 3. The van der Waals surface area contributed by atoms with Crippen LogP contribution in [-0.4, -0.2) is 6.10 Å². The van der Waals surface area contributed by atoms with Crippen LogP contribution in [0.4, 0.5) is 11.4 Å². The van der Waals surface area contributed by atoms with Crippen molar-refractivity contribution in [1.29, 1.82) is 0 Å². The molecule has 3 heteroatoms. The van der Waals surface area contributed by atoms with Crippen LogP contribution in [-0.2, 0) is 0 Å². The summed E-state index contributed by atoms with van der Waals surface area (Å²) in [6, 6.07) is 23.0. The standard InChI is InChI=1S/C23H21NOS/c1-15(2)25-19-8-6-7-17(13-19)16(3)18-11-12-23-21(14-18)24-20-9-4-5-10-22(20)26-23/h4-15,24H,3H2,1-2H3. The Bertz CT molecular complexity index is 977. The average Bonchev–Trinajstić information content (AvgIpc) is 2.65. The number of para-hydroxylation sites is 1. The van der Waals surface area contributed by atoms with Gasteiger partial charge in [0.2, 0.25) is 0 Å². The molecule has 130 valence electrons. The van der Waals surface area contributed by atoms with Gasteiger partial charge >= 0.3 is 0 Å². The van der Waals surface area contributed by atoms with E-state index in [9.17, 15) is 0 Å². The van der Waals surface area contributed by atoms with E-state index in [2.05, 4.69) is 66.5 Å². The van der Waals surface area contributed by atoms with Crippen LogP contribution < -0.4 is 10.1 Å². The first-order valence-corrected chi connectivity index (χ1v) is 9.56. The monoisotopic (exact) mass is 359 g/mol. The fraction of sp³-hybridized carbons (Fsp3) is 0.130. The van der Waals surface area contributed by atoms with Gasteiger partial charge in [-0.25, -0.2) is 0 Å². The van der Waals surface area contributed by atoms with Crippen molar-refractivity contribution < 1.29 is 4.74 Å². The van der Waals surface area contributed by atoms with Gasteiger partial charge in [-0.1, -0.05) is 48.7 Å². The Morgan fingerprint density at radius 2 is 1.65 bits per heavy atom. The smallest absolute Gasteiger partial charge is 0.120 e. The minimum atomic E-state index is 0.156. The van der Waals surface area contributed by atoms with E-state index >= 15 is 0 Å². The highest BCUT2D eigenvalue weighted by atomic mass is 32.2. The Balaban J connectivity index is 1.63. The van der Waals surface area contributed by atoms with Crippen LogP contribution in [0.1, 0.15) is 25.0 Å². The molecule has 1 N–H and O–H groups in total. The van der Waals surface area contributed by atoms with Gasteiger partial charge in [0.1, 0.15) is 5.75 Å². The molecule has 3 aromatic rings. The second kappa shape index (κ2) is 6.93. The molecule has 0 amide bonds. The Hall–Kier alpha value is -2.65. The molecule has 1 aliphatic rings. The number of fused-ring (bicyclic) bond motifs is 2. The largest absolute Gasteiger partial charge is 0.491 e. The van der Waals surface area contributed by atoms with E-state index in [4.69, 9.17) is 4.74 Å². The highest BCUT2D eigenvalue weighted by molar-refractivity contribution is 7.99. The van der Waals surface area contributed by atoms with Gasteiger partial charge in [0.15, 0.2) is 0 Å². The maximum absolute atomic E-state index is 5.81. The van der Waals surface area contributed by atoms with E-state index in [1.165, 1.54) is 9.79 Å². The van der Waals surface area contributed by atoms with Gasteiger partial charge in [-0.05, 0) is 66.9 Å². The second-order valence-electron chi connectivity index (χ2n) is 6.61. The summed E-state index contributed by atoms with van der Waals surface area (Å²) in [5.74, 6) is 0.874. The summed E-state index contributed by atoms with van der Waals surface area (Å²) in [7, 11) is 0. The molecule has 0 radical (unpaired) electrons. The van der Waals surface area contributed by atoms with Crippen molar-refractivity contribution in [2.75, 3.05) is 5.32 Å². The van der Waals surface area contributed by atoms with Gasteiger partial charge < -0.3 is 10.1 Å². The number of hydrogen-bond acceptors (Lipinski definition) is 3. The summed E-state index contributed by atoms with van der Waals surface area (Å²) in [4.78, 5) is 2.49. The Morgan fingerprint density at radius 1 is 0.885 bits per heavy atom. The minimum Gasteiger partial charge on any atom is -0.491 e. The van der Waals surface area contributed by atoms with Gasteiger partial charge in [0.25, 0.3) is 0 Å². The molecule has 1 heterocycles. The van der Waals surface area contributed by atoms with E-state index < -0.39 is 0 Å². The lowest BCUT2D eigenvalue weighted by Gasteiger charge is -2.21. The minimum absolute atomic E-state index is 0.156. The zero-order valence-corrected chi connectivity index (χ0v) is 15.8. The third-order valence-electron chi connectivity index (χ3n) is 4.26. The zero-order valence-electron chi connectivity index (χ0n) is 15.0. The number of ether oxygens (including phenoxy) is 1. The predicted octanol–water partition coefficient (Wildman–Crippen LogP) is 6.74. The molecule has 0 atom stereocenters. The lowest BCUT2D eigenvalue weighted by atomic mass is 9.99. The first kappa shape index (κ1) is 16.8. The molecule has 0 spiro atoms. The number of nitrogens with one attached hydrogen (secondary N) is 1. The number of hydrogen-bond donors (Lipinski definition) is 1. The second-order valence-corrected chi connectivity index (χ2v) is 7.69. The molecule has 0 aromatic heterocycles. The molecule has 0 fully saturated rings. The molecule has 2 nitrogen and oxygen atoms in total. The van der Waals surface area contributed by atoms with Crippen molar-refractivity contribution in [2.24, 2.45) is 0 Å². The third kappa shape index (κ3) is 3.35. The lowest BCUT2D eigenvalue weighted by molar-refractivity contribution is 0.242. The van der Waals surface area contributed by atoms with Crippen molar-refractivity contribution >= 4 is 28.7 Å². The summed E-state index contributed by atoms with van der Waals surface area (Å²) in [6.45, 7) is 8.39. The van der Waals surface area contributed by atoms with Gasteiger partial charge in [0.05, 0.1) is 17.5 Å². The molecule has 0 saturated heterocycles. The van der Waals surface area contributed by atoms with Crippen LogP contribution in [0.25, 0.3) is 5.57 Å². The fourth-order valence-electron chi connectivity index (χ4n) is 3.02. The average molecular weight is 359 g/mol. The van der Waals surface area contributed by atoms with E-state index in [0.717, 1.165) is 33.8 Å². The van der Waals surface area contributed by atoms with Crippen molar-refractivity contribution in [3.05, 3.63) is 84.4 Å². The molecule has 1 aliphatic heterocycles. The quantitative estimate of drug-likeness (QED) is 0.436. The van der Waals surface area contributed by atoms with Crippen molar-refractivity contribution in [3.8, 4) is 5.75 Å². The summed E-state index contributed by atoms with van der Waals surface area (Å²) in [6.07, 6.45) is 0.156. The maximum atomic E-state index is 5.81. The van der Waals surface area contributed by atoms with Crippen LogP contribution in [0.2, 0.25) is 0 Å². The molecule has 0 unspecified atom stereocenters. The van der Waals surface area contributed by atoms with Crippen LogP contribution in [0, 0.1) is 0 Å². The first-order chi connectivity index (χ1) is 12.6. The van der Waals surface area contributed by atoms with E-state index in [1.54, 1.807) is 11.8 Å². The van der Waals surface area contributed by atoms with Crippen molar-refractivity contribution in [1.82, 2.24) is 0 Å². The first-order valence-electron chi connectivity index (χ1n) is 8.74. The maximum Gasteiger partial charge on any atom is 0.120 e. The van der Waals surface area contributed by atoms with Crippen LogP contribution in [0.3, 0.4) is 0 Å². The Morgan fingerprint density at radius 3 is 2.50 bits per heavy atom. The van der Waals surface area contributed by atoms with E-state index in [0.29, 0.717) is 0 Å². The summed E-state index contributed by atoms with van der Waals surface area (Å²) in [5, 5.41) is 3.54. The molecule has 4 rings (SSSR count). The van der Waals surface area contributed by atoms with Gasteiger partial charge in [-0.2, -0.15) is 0 Å². The van der Waals surface area contributed by atoms with Gasteiger partial charge in [-0.3, -0.25) is 0 Å². The normalized spacial score (nSPS) is 12.1. The van der Waals surface area contributed by atoms with Gasteiger partial charge in [-0.15, -0.1) is 0 Å². The van der Waals surface area contributed by atoms with Gasteiger partial charge in [0, 0.05) is 9.79 Å². The van der Waals surface area contributed by atoms with Crippen LogP contribution in [0.5, 0.6) is 5.75 Å². The molecular formula is C23H21NOS. The summed E-state index contributed by atoms with van der Waals surface area (Å²) >= 11 is 1.80. The highest BCUT2D eigenvalue weighted by Crippen LogP contribution is 2.44. The summed E-state index contributed by atoms with van der Waals surface area (Å²) < 4.78 is 5.81. The molecule has 3 aromatic carbocycles. The topological polar surface area (TPSA) is 21.3 Å². The molecule has 0 bridgehead atoms. The van der Waals surface area contributed by atoms with E-state index in [1.807, 2.05) is 26.0 Å². The molecule has 0 aliphatic carbocycles. The molecule has 0 saturated carbocycles. The van der Waals surface area contributed by atoms with Crippen molar-refractivity contribution in [2.45, 2.75) is 29.7 Å². The van der Waals surface area contributed by atoms with Crippen molar-refractivity contribution in [3.63, 3.8) is 0 Å². The fourth-order valence-corrected chi connectivity index (χ4v) is 3.99.